The van der Waals surface area contributed by atoms with Crippen LogP contribution in [-0.4, -0.2) is 48.2 Å². The quantitative estimate of drug-likeness (QED) is 0.773. The van der Waals surface area contributed by atoms with Gasteiger partial charge in [0.1, 0.15) is 0 Å². The van der Waals surface area contributed by atoms with E-state index in [1.807, 2.05) is 4.90 Å². The van der Waals surface area contributed by atoms with E-state index in [0.717, 1.165) is 45.3 Å². The van der Waals surface area contributed by atoms with Gasteiger partial charge in [0.05, 0.1) is 6.04 Å². The van der Waals surface area contributed by atoms with E-state index in [0.29, 0.717) is 0 Å². The molecule has 0 aliphatic carbocycles. The molecule has 2 aliphatic heterocycles. The zero-order valence-electron chi connectivity index (χ0n) is 11.6. The Morgan fingerprint density at radius 1 is 1.44 bits per heavy atom. The Morgan fingerprint density at radius 3 is 2.89 bits per heavy atom. The number of rotatable bonds is 2. The average Bonchev–Trinajstić information content (AvgIpc) is 2.37. The number of nitrogens with one attached hydrogen (secondary N) is 1. The second-order valence-corrected chi connectivity index (χ2v) is 6.45. The van der Waals surface area contributed by atoms with Crippen LogP contribution >= 0.6 is 0 Å². The van der Waals surface area contributed by atoms with Gasteiger partial charge in [-0.15, -0.1) is 0 Å². The predicted octanol–water partition coefficient (Wildman–Crippen LogP) is 0.995. The summed E-state index contributed by atoms with van der Waals surface area (Å²) >= 11 is 0. The molecule has 4 heteroatoms. The fourth-order valence-electron chi connectivity index (χ4n) is 3.23. The van der Waals surface area contributed by atoms with Gasteiger partial charge >= 0.3 is 0 Å². The van der Waals surface area contributed by atoms with E-state index in [2.05, 4.69) is 19.2 Å². The highest BCUT2D eigenvalue weighted by atomic mass is 16.3. The number of carbonyl (C=O) groups excluding carboxylic acids is 1. The van der Waals surface area contributed by atoms with Gasteiger partial charge in [0.15, 0.2) is 0 Å². The van der Waals surface area contributed by atoms with Crippen molar-refractivity contribution in [3.05, 3.63) is 0 Å². The molecule has 18 heavy (non-hydrogen) atoms. The Hall–Kier alpha value is -0.610. The highest BCUT2D eigenvalue weighted by Crippen LogP contribution is 2.31. The Bertz CT molecular complexity index is 304. The maximum absolute atomic E-state index is 12.6. The van der Waals surface area contributed by atoms with Crippen LogP contribution in [-0.2, 0) is 4.79 Å². The fourth-order valence-corrected chi connectivity index (χ4v) is 3.23. The first kappa shape index (κ1) is 13.8. The van der Waals surface area contributed by atoms with E-state index in [1.54, 1.807) is 0 Å². The summed E-state index contributed by atoms with van der Waals surface area (Å²) in [5.74, 6) is 0.507. The monoisotopic (exact) mass is 254 g/mol. The molecule has 0 spiro atoms. The molecule has 2 fully saturated rings. The number of aliphatic hydroxyl groups excluding tert-OH is 1. The lowest BCUT2D eigenvalue weighted by molar-refractivity contribution is -0.139. The van der Waals surface area contributed by atoms with Crippen molar-refractivity contribution in [2.24, 2.45) is 11.3 Å². The Morgan fingerprint density at radius 2 is 2.22 bits per heavy atom. The largest absolute Gasteiger partial charge is 0.396 e. The molecule has 0 radical (unpaired) electrons. The van der Waals surface area contributed by atoms with Crippen LogP contribution in [0.25, 0.3) is 0 Å². The SMILES string of the molecule is CC1(C)CCCNC1C(=O)N1CCCC(CO)C1. The second-order valence-electron chi connectivity index (χ2n) is 6.45. The number of hydrogen-bond acceptors (Lipinski definition) is 3. The lowest BCUT2D eigenvalue weighted by Crippen LogP contribution is -2.58. The van der Waals surface area contributed by atoms with Gasteiger partial charge in [0, 0.05) is 19.7 Å². The van der Waals surface area contributed by atoms with Crippen LogP contribution < -0.4 is 5.32 Å². The summed E-state index contributed by atoms with van der Waals surface area (Å²) in [6.07, 6.45) is 4.32. The summed E-state index contributed by atoms with van der Waals surface area (Å²) in [6.45, 7) is 7.07. The highest BCUT2D eigenvalue weighted by molar-refractivity contribution is 5.83. The number of likely N-dealkylation sites (tertiary alicyclic amines) is 1. The lowest BCUT2D eigenvalue weighted by Gasteiger charge is -2.42. The predicted molar refractivity (Wildman–Crippen MR) is 71.2 cm³/mol. The molecule has 0 aromatic rings. The van der Waals surface area contributed by atoms with Crippen molar-refractivity contribution in [1.29, 1.82) is 0 Å². The molecule has 2 saturated heterocycles. The third-order valence-corrected chi connectivity index (χ3v) is 4.46. The Balaban J connectivity index is 2.01. The maximum Gasteiger partial charge on any atom is 0.240 e. The van der Waals surface area contributed by atoms with E-state index in [-0.39, 0.29) is 29.9 Å². The summed E-state index contributed by atoms with van der Waals surface area (Å²) in [6, 6.07) is -0.0521. The number of amides is 1. The number of piperidine rings is 2. The molecule has 2 unspecified atom stereocenters. The molecule has 0 aromatic heterocycles. The van der Waals surface area contributed by atoms with Crippen LogP contribution in [0.1, 0.15) is 39.5 Å². The molecule has 104 valence electrons. The molecule has 2 heterocycles. The van der Waals surface area contributed by atoms with Crippen molar-refractivity contribution in [2.45, 2.75) is 45.6 Å². The first-order chi connectivity index (χ1) is 8.54. The van der Waals surface area contributed by atoms with Gasteiger partial charge in [-0.2, -0.15) is 0 Å². The minimum atomic E-state index is -0.0521. The van der Waals surface area contributed by atoms with Crippen molar-refractivity contribution in [2.75, 3.05) is 26.2 Å². The summed E-state index contributed by atoms with van der Waals surface area (Å²) < 4.78 is 0. The first-order valence-corrected chi connectivity index (χ1v) is 7.17. The molecule has 2 rings (SSSR count). The topological polar surface area (TPSA) is 52.6 Å². The maximum atomic E-state index is 12.6. The number of aliphatic hydroxyl groups is 1. The van der Waals surface area contributed by atoms with E-state index in [9.17, 15) is 9.90 Å². The molecule has 0 saturated carbocycles. The third-order valence-electron chi connectivity index (χ3n) is 4.46. The summed E-state index contributed by atoms with van der Waals surface area (Å²) in [5, 5.41) is 12.6. The molecule has 2 N–H and O–H groups in total. The van der Waals surface area contributed by atoms with Crippen molar-refractivity contribution in [3.8, 4) is 0 Å². The fraction of sp³-hybridized carbons (Fsp3) is 0.929. The van der Waals surface area contributed by atoms with Crippen LogP contribution in [0.5, 0.6) is 0 Å². The molecule has 1 amide bonds. The zero-order valence-corrected chi connectivity index (χ0v) is 11.6. The van der Waals surface area contributed by atoms with Gasteiger partial charge < -0.3 is 15.3 Å². The van der Waals surface area contributed by atoms with E-state index in [4.69, 9.17) is 0 Å². The van der Waals surface area contributed by atoms with E-state index < -0.39 is 0 Å². The number of nitrogens with zero attached hydrogens (tertiary/aromatic N) is 1. The lowest BCUT2D eigenvalue weighted by atomic mass is 9.76. The number of hydrogen-bond donors (Lipinski definition) is 2. The molecule has 2 aliphatic rings. The second kappa shape index (κ2) is 5.57. The Labute approximate surface area is 110 Å². The molecule has 2 atom stereocenters. The molecule has 0 bridgehead atoms. The van der Waals surface area contributed by atoms with Crippen molar-refractivity contribution < 1.29 is 9.90 Å². The van der Waals surface area contributed by atoms with Crippen molar-refractivity contribution in [3.63, 3.8) is 0 Å². The standard InChI is InChI=1S/C14H26N2O2/c1-14(2)6-4-7-15-12(14)13(18)16-8-3-5-11(9-16)10-17/h11-12,15,17H,3-10H2,1-2H3. The van der Waals surface area contributed by atoms with E-state index >= 15 is 0 Å². The minimum absolute atomic E-state index is 0.0431. The van der Waals surface area contributed by atoms with Crippen LogP contribution in [0.15, 0.2) is 0 Å². The highest BCUT2D eigenvalue weighted by Gasteiger charge is 2.40. The molecular weight excluding hydrogens is 228 g/mol. The molecular formula is C14H26N2O2. The smallest absolute Gasteiger partial charge is 0.240 e. The van der Waals surface area contributed by atoms with Crippen LogP contribution in [0.2, 0.25) is 0 Å². The van der Waals surface area contributed by atoms with Gasteiger partial charge in [-0.25, -0.2) is 0 Å². The van der Waals surface area contributed by atoms with Crippen LogP contribution in [0, 0.1) is 11.3 Å². The normalized spacial score (nSPS) is 32.3. The summed E-state index contributed by atoms with van der Waals surface area (Å²) in [4.78, 5) is 14.6. The minimum Gasteiger partial charge on any atom is -0.396 e. The van der Waals surface area contributed by atoms with Crippen LogP contribution in [0.3, 0.4) is 0 Å². The zero-order chi connectivity index (χ0) is 13.2. The molecule has 4 nitrogen and oxygen atoms in total. The van der Waals surface area contributed by atoms with Gasteiger partial charge in [-0.3, -0.25) is 4.79 Å². The third kappa shape index (κ3) is 2.86. The van der Waals surface area contributed by atoms with Gasteiger partial charge in [-0.1, -0.05) is 13.8 Å². The average molecular weight is 254 g/mol. The molecule has 0 aromatic carbocycles. The van der Waals surface area contributed by atoms with Crippen molar-refractivity contribution in [1.82, 2.24) is 10.2 Å². The van der Waals surface area contributed by atoms with Gasteiger partial charge in [0.2, 0.25) is 5.91 Å². The van der Waals surface area contributed by atoms with Gasteiger partial charge in [0.25, 0.3) is 0 Å². The number of carbonyl (C=O) groups is 1. The first-order valence-electron chi connectivity index (χ1n) is 7.17. The van der Waals surface area contributed by atoms with Crippen molar-refractivity contribution >= 4 is 5.91 Å². The summed E-state index contributed by atoms with van der Waals surface area (Å²) in [7, 11) is 0. The Kier molecular flexibility index (Phi) is 4.28. The van der Waals surface area contributed by atoms with E-state index in [1.165, 1.54) is 0 Å². The van der Waals surface area contributed by atoms with Crippen LogP contribution in [0.4, 0.5) is 0 Å². The van der Waals surface area contributed by atoms with Gasteiger partial charge in [-0.05, 0) is 43.6 Å². The summed E-state index contributed by atoms with van der Waals surface area (Å²) in [5.41, 5.74) is 0.0431.